The number of ether oxygens (including phenoxy) is 1. The number of likely N-dealkylation sites (N-methyl/N-ethyl adjacent to an activating group) is 1. The first-order chi connectivity index (χ1) is 8.99. The smallest absolute Gasteiger partial charge is 0.260 e. The van der Waals surface area contributed by atoms with Gasteiger partial charge in [0.15, 0.2) is 6.10 Å². The Balaban J connectivity index is 2.98. The van der Waals surface area contributed by atoms with E-state index in [0.717, 1.165) is 0 Å². The Labute approximate surface area is 111 Å². The molecule has 0 aliphatic rings. The quantitative estimate of drug-likeness (QED) is 0.487. The lowest BCUT2D eigenvalue weighted by molar-refractivity contribution is -0.127. The summed E-state index contributed by atoms with van der Waals surface area (Å²) < 4.78 is 18.7. The molecule has 0 fully saturated rings. The van der Waals surface area contributed by atoms with E-state index in [1.807, 2.05) is 0 Å². The standard InChI is InChI=1S/C13H17FN2O3/c1-4-15-13(17)9(3)19-12-6-5-10(14)7-11(12)8(2)16-18/h5-7,9,18H,4H2,1-3H3,(H,15,17). The van der Waals surface area contributed by atoms with Crippen molar-refractivity contribution in [3.8, 4) is 5.75 Å². The van der Waals surface area contributed by atoms with Crippen LogP contribution in [0, 0.1) is 5.82 Å². The van der Waals surface area contributed by atoms with E-state index in [4.69, 9.17) is 9.94 Å². The molecule has 0 aliphatic carbocycles. The van der Waals surface area contributed by atoms with Crippen molar-refractivity contribution in [3.63, 3.8) is 0 Å². The number of rotatable bonds is 5. The van der Waals surface area contributed by atoms with E-state index in [2.05, 4.69) is 10.5 Å². The van der Waals surface area contributed by atoms with Crippen molar-refractivity contribution in [2.45, 2.75) is 26.9 Å². The zero-order valence-corrected chi connectivity index (χ0v) is 11.1. The van der Waals surface area contributed by atoms with Gasteiger partial charge < -0.3 is 15.3 Å². The number of oxime groups is 1. The predicted octanol–water partition coefficient (Wildman–Crippen LogP) is 1.93. The highest BCUT2D eigenvalue weighted by atomic mass is 19.1. The summed E-state index contributed by atoms with van der Waals surface area (Å²) in [5, 5.41) is 14.4. The molecule has 0 aliphatic heterocycles. The Morgan fingerprint density at radius 2 is 2.26 bits per heavy atom. The maximum Gasteiger partial charge on any atom is 0.260 e. The largest absolute Gasteiger partial charge is 0.480 e. The van der Waals surface area contributed by atoms with Gasteiger partial charge in [-0.3, -0.25) is 4.79 Å². The number of halogens is 1. The van der Waals surface area contributed by atoms with Gasteiger partial charge in [0.1, 0.15) is 11.6 Å². The molecule has 0 spiro atoms. The minimum absolute atomic E-state index is 0.206. The number of hydrogen-bond acceptors (Lipinski definition) is 4. The number of nitrogens with one attached hydrogen (secondary N) is 1. The maximum absolute atomic E-state index is 13.2. The van der Waals surface area contributed by atoms with Gasteiger partial charge in [0.25, 0.3) is 5.91 Å². The van der Waals surface area contributed by atoms with Crippen LogP contribution in [-0.2, 0) is 4.79 Å². The minimum Gasteiger partial charge on any atom is -0.480 e. The van der Waals surface area contributed by atoms with E-state index in [9.17, 15) is 9.18 Å². The summed E-state index contributed by atoms with van der Waals surface area (Å²) in [4.78, 5) is 11.6. The molecule has 6 heteroatoms. The molecule has 1 atom stereocenters. The van der Waals surface area contributed by atoms with Crippen LogP contribution in [0.5, 0.6) is 5.75 Å². The first kappa shape index (κ1) is 14.9. The van der Waals surface area contributed by atoms with Crippen LogP contribution < -0.4 is 10.1 Å². The Kier molecular flexibility index (Phi) is 5.29. The molecule has 5 nitrogen and oxygen atoms in total. The summed E-state index contributed by atoms with van der Waals surface area (Å²) in [6, 6.07) is 3.80. The lowest BCUT2D eigenvalue weighted by Gasteiger charge is -2.16. The van der Waals surface area contributed by atoms with Gasteiger partial charge in [-0.05, 0) is 39.0 Å². The predicted molar refractivity (Wildman–Crippen MR) is 69.2 cm³/mol. The van der Waals surface area contributed by atoms with Gasteiger partial charge in [-0.1, -0.05) is 5.16 Å². The molecule has 2 N–H and O–H groups in total. The molecule has 0 bridgehead atoms. The summed E-state index contributed by atoms with van der Waals surface area (Å²) >= 11 is 0. The van der Waals surface area contributed by atoms with Crippen molar-refractivity contribution < 1.29 is 19.1 Å². The highest BCUT2D eigenvalue weighted by Gasteiger charge is 2.17. The molecule has 0 radical (unpaired) electrons. The molecule has 0 saturated heterocycles. The number of amides is 1. The first-order valence-corrected chi connectivity index (χ1v) is 5.92. The molecule has 0 aromatic heterocycles. The third-order valence-electron chi connectivity index (χ3n) is 2.51. The van der Waals surface area contributed by atoms with Crippen LogP contribution in [0.15, 0.2) is 23.4 Å². The van der Waals surface area contributed by atoms with Gasteiger partial charge in [0.2, 0.25) is 0 Å². The van der Waals surface area contributed by atoms with Crippen molar-refractivity contribution in [1.82, 2.24) is 5.32 Å². The van der Waals surface area contributed by atoms with Gasteiger partial charge in [-0.2, -0.15) is 0 Å². The second-order valence-electron chi connectivity index (χ2n) is 3.98. The van der Waals surface area contributed by atoms with Crippen LogP contribution in [0.2, 0.25) is 0 Å². The molecular weight excluding hydrogens is 251 g/mol. The molecule has 104 valence electrons. The van der Waals surface area contributed by atoms with Crippen molar-refractivity contribution in [2.75, 3.05) is 6.54 Å². The summed E-state index contributed by atoms with van der Waals surface area (Å²) in [6.45, 7) is 5.40. The summed E-state index contributed by atoms with van der Waals surface area (Å²) in [6.07, 6.45) is -0.726. The summed E-state index contributed by atoms with van der Waals surface area (Å²) in [7, 11) is 0. The summed E-state index contributed by atoms with van der Waals surface area (Å²) in [5.74, 6) is -0.456. The Morgan fingerprint density at radius 1 is 1.58 bits per heavy atom. The molecule has 0 heterocycles. The van der Waals surface area contributed by atoms with Gasteiger partial charge in [-0.25, -0.2) is 4.39 Å². The van der Waals surface area contributed by atoms with Crippen molar-refractivity contribution in [1.29, 1.82) is 0 Å². The molecule has 19 heavy (non-hydrogen) atoms. The summed E-state index contributed by atoms with van der Waals surface area (Å²) in [5.41, 5.74) is 0.510. The zero-order chi connectivity index (χ0) is 14.4. The van der Waals surface area contributed by atoms with Gasteiger partial charge >= 0.3 is 0 Å². The van der Waals surface area contributed by atoms with Crippen LogP contribution in [0.3, 0.4) is 0 Å². The second kappa shape index (κ2) is 6.72. The SMILES string of the molecule is CCNC(=O)C(C)Oc1ccc(F)cc1C(C)=NO. The van der Waals surface area contributed by atoms with E-state index < -0.39 is 11.9 Å². The monoisotopic (exact) mass is 268 g/mol. The number of nitrogens with zero attached hydrogens (tertiary/aromatic N) is 1. The van der Waals surface area contributed by atoms with Crippen LogP contribution >= 0.6 is 0 Å². The fraction of sp³-hybridized carbons (Fsp3) is 0.385. The first-order valence-electron chi connectivity index (χ1n) is 5.92. The molecule has 1 amide bonds. The fourth-order valence-corrected chi connectivity index (χ4v) is 1.50. The van der Waals surface area contributed by atoms with Gasteiger partial charge in [0.05, 0.1) is 5.71 Å². The van der Waals surface area contributed by atoms with Crippen molar-refractivity contribution in [2.24, 2.45) is 5.16 Å². The lowest BCUT2D eigenvalue weighted by Crippen LogP contribution is -2.36. The second-order valence-corrected chi connectivity index (χ2v) is 3.98. The molecule has 1 aromatic carbocycles. The Bertz CT molecular complexity index is 489. The molecule has 1 rings (SSSR count). The molecule has 0 saturated carbocycles. The Morgan fingerprint density at radius 3 is 2.84 bits per heavy atom. The van der Waals surface area contributed by atoms with E-state index >= 15 is 0 Å². The van der Waals surface area contributed by atoms with Crippen LogP contribution in [0.25, 0.3) is 0 Å². The van der Waals surface area contributed by atoms with Crippen LogP contribution in [0.4, 0.5) is 4.39 Å². The molecular formula is C13H17FN2O3. The minimum atomic E-state index is -0.726. The molecule has 1 unspecified atom stereocenters. The average Bonchev–Trinajstić information content (AvgIpc) is 2.40. The number of carbonyl (C=O) groups excluding carboxylic acids is 1. The normalized spacial score (nSPS) is 12.9. The average molecular weight is 268 g/mol. The van der Waals surface area contributed by atoms with Gasteiger partial charge in [0, 0.05) is 12.1 Å². The number of hydrogen-bond donors (Lipinski definition) is 2. The van der Waals surface area contributed by atoms with E-state index in [1.165, 1.54) is 25.1 Å². The zero-order valence-electron chi connectivity index (χ0n) is 11.1. The Hall–Kier alpha value is -2.11. The third-order valence-corrected chi connectivity index (χ3v) is 2.51. The number of carbonyl (C=O) groups is 1. The van der Waals surface area contributed by atoms with Crippen molar-refractivity contribution >= 4 is 11.6 Å². The van der Waals surface area contributed by atoms with E-state index in [1.54, 1.807) is 13.8 Å². The van der Waals surface area contributed by atoms with Gasteiger partial charge in [-0.15, -0.1) is 0 Å². The van der Waals surface area contributed by atoms with E-state index in [0.29, 0.717) is 12.1 Å². The lowest BCUT2D eigenvalue weighted by atomic mass is 10.1. The topological polar surface area (TPSA) is 70.9 Å². The van der Waals surface area contributed by atoms with Crippen molar-refractivity contribution in [3.05, 3.63) is 29.6 Å². The highest BCUT2D eigenvalue weighted by Crippen LogP contribution is 2.22. The van der Waals surface area contributed by atoms with E-state index in [-0.39, 0.29) is 17.4 Å². The number of benzene rings is 1. The third kappa shape index (κ3) is 3.94. The van der Waals surface area contributed by atoms with Crippen LogP contribution in [-0.4, -0.2) is 29.5 Å². The highest BCUT2D eigenvalue weighted by molar-refractivity contribution is 6.00. The maximum atomic E-state index is 13.2. The molecule has 1 aromatic rings. The van der Waals surface area contributed by atoms with Crippen LogP contribution in [0.1, 0.15) is 26.3 Å². The fourth-order valence-electron chi connectivity index (χ4n) is 1.50.